The normalized spacial score (nSPS) is 16.2. The van der Waals surface area contributed by atoms with E-state index in [9.17, 15) is 4.79 Å². The Bertz CT molecular complexity index is 1210. The molecule has 4 aromatic rings. The van der Waals surface area contributed by atoms with E-state index in [0.717, 1.165) is 48.1 Å². The number of rotatable bonds is 3. The lowest BCUT2D eigenvalue weighted by atomic mass is 10.0. The van der Waals surface area contributed by atoms with Crippen LogP contribution in [0.25, 0.3) is 27.8 Å². The molecule has 1 N–H and O–H groups in total. The average molecular weight is 378 g/mol. The molecule has 0 atom stereocenters. The van der Waals surface area contributed by atoms with Gasteiger partial charge in [0.1, 0.15) is 6.33 Å². The summed E-state index contributed by atoms with van der Waals surface area (Å²) in [6.45, 7) is 2.03. The number of likely N-dealkylation sites (tertiary alicyclic amines) is 1. The lowest BCUT2D eigenvalue weighted by Gasteiger charge is -2.29. The van der Waals surface area contributed by atoms with Gasteiger partial charge < -0.3 is 14.6 Å². The van der Waals surface area contributed by atoms with E-state index in [2.05, 4.69) is 27.0 Å². The van der Waals surface area contributed by atoms with Gasteiger partial charge in [-0.25, -0.2) is 14.3 Å². The van der Waals surface area contributed by atoms with Crippen molar-refractivity contribution >= 4 is 16.7 Å². The number of piperidine rings is 1. The first kappa shape index (κ1) is 17.0. The lowest BCUT2D eigenvalue weighted by Crippen LogP contribution is -2.34. The van der Waals surface area contributed by atoms with E-state index >= 15 is 0 Å². The molecule has 0 unspecified atom stereocenters. The number of nitrogens with zero attached hydrogens (tertiary/aromatic N) is 5. The minimum absolute atomic E-state index is 0.0361. The van der Waals surface area contributed by atoms with Crippen LogP contribution in [0, 0.1) is 0 Å². The molecule has 0 spiro atoms. The summed E-state index contributed by atoms with van der Waals surface area (Å²) in [5.41, 5.74) is 4.38. The Balaban J connectivity index is 1.59. The molecular formula is C20H22N6O2. The molecule has 28 heavy (non-hydrogen) atoms. The molecule has 8 heteroatoms. The van der Waals surface area contributed by atoms with Crippen LogP contribution in [0.5, 0.6) is 5.75 Å². The summed E-state index contributed by atoms with van der Waals surface area (Å²) in [5.74, 6) is 0.660. The van der Waals surface area contributed by atoms with E-state index in [-0.39, 0.29) is 11.7 Å². The summed E-state index contributed by atoms with van der Waals surface area (Å²) in [4.78, 5) is 22.2. The van der Waals surface area contributed by atoms with Crippen LogP contribution >= 0.6 is 0 Å². The highest BCUT2D eigenvalue weighted by Gasteiger charge is 2.22. The van der Waals surface area contributed by atoms with Crippen molar-refractivity contribution in [2.75, 3.05) is 27.2 Å². The molecule has 0 amide bonds. The monoisotopic (exact) mass is 378 g/mol. The fourth-order valence-electron chi connectivity index (χ4n) is 4.13. The van der Waals surface area contributed by atoms with Crippen LogP contribution in [0.15, 0.2) is 41.6 Å². The molecule has 0 aliphatic carbocycles. The number of benzene rings is 1. The summed E-state index contributed by atoms with van der Waals surface area (Å²) in [5, 5.41) is 4.22. The molecule has 4 heterocycles. The summed E-state index contributed by atoms with van der Waals surface area (Å²) < 4.78 is 9.08. The second-order valence-corrected chi connectivity index (χ2v) is 7.39. The Morgan fingerprint density at radius 2 is 2.00 bits per heavy atom. The van der Waals surface area contributed by atoms with Crippen molar-refractivity contribution < 1.29 is 4.74 Å². The van der Waals surface area contributed by atoms with Crippen molar-refractivity contribution in [1.82, 2.24) is 29.0 Å². The SMILES string of the molecule is COc1cc(-c2ccc3c(c2)[nH]c(=O)n3C2CCN(C)CC2)cn2ncnc12. The number of aromatic nitrogens is 5. The molecule has 0 bridgehead atoms. The number of hydrogen-bond donors (Lipinski definition) is 1. The van der Waals surface area contributed by atoms with E-state index in [1.54, 1.807) is 11.6 Å². The predicted octanol–water partition coefficient (Wildman–Crippen LogP) is 2.31. The molecule has 3 aromatic heterocycles. The Hall–Kier alpha value is -3.13. The fourth-order valence-corrected chi connectivity index (χ4v) is 4.13. The first-order valence-corrected chi connectivity index (χ1v) is 9.44. The van der Waals surface area contributed by atoms with Gasteiger partial charge in [0.25, 0.3) is 0 Å². The van der Waals surface area contributed by atoms with Crippen molar-refractivity contribution in [1.29, 1.82) is 0 Å². The minimum Gasteiger partial charge on any atom is -0.493 e. The summed E-state index contributed by atoms with van der Waals surface area (Å²) in [7, 11) is 3.75. The molecule has 8 nitrogen and oxygen atoms in total. The maximum absolute atomic E-state index is 12.7. The number of imidazole rings is 1. The zero-order valence-electron chi connectivity index (χ0n) is 15.9. The fraction of sp³-hybridized carbons (Fsp3) is 0.350. The zero-order valence-corrected chi connectivity index (χ0v) is 15.9. The second-order valence-electron chi connectivity index (χ2n) is 7.39. The highest BCUT2D eigenvalue weighted by Crippen LogP contribution is 2.30. The van der Waals surface area contributed by atoms with Gasteiger partial charge >= 0.3 is 5.69 Å². The summed E-state index contributed by atoms with van der Waals surface area (Å²) in [6.07, 6.45) is 5.40. The van der Waals surface area contributed by atoms with Crippen LogP contribution < -0.4 is 10.4 Å². The molecule has 0 saturated carbocycles. The number of H-pyrrole nitrogens is 1. The largest absolute Gasteiger partial charge is 0.493 e. The smallest absolute Gasteiger partial charge is 0.326 e. The quantitative estimate of drug-likeness (QED) is 0.592. The molecule has 5 rings (SSSR count). The standard InChI is InChI=1S/C20H22N6O2/c1-24-7-5-15(6-8-24)26-17-4-3-13(9-16(17)23-20(26)27)14-10-18(28-2)19-21-12-22-25(19)11-14/h3-4,9-12,15H,5-8H2,1-2H3,(H,23,27). The maximum Gasteiger partial charge on any atom is 0.326 e. The van der Waals surface area contributed by atoms with Crippen molar-refractivity contribution in [3.05, 3.63) is 47.3 Å². The number of nitrogens with one attached hydrogen (secondary N) is 1. The van der Waals surface area contributed by atoms with Gasteiger partial charge in [-0.2, -0.15) is 5.10 Å². The Morgan fingerprint density at radius 3 is 2.79 bits per heavy atom. The Morgan fingerprint density at radius 1 is 1.18 bits per heavy atom. The minimum atomic E-state index is -0.0361. The van der Waals surface area contributed by atoms with Crippen molar-refractivity contribution in [2.45, 2.75) is 18.9 Å². The van der Waals surface area contributed by atoms with Crippen molar-refractivity contribution in [3.8, 4) is 16.9 Å². The van der Waals surface area contributed by atoms with Crippen LogP contribution in [-0.2, 0) is 0 Å². The van der Waals surface area contributed by atoms with Crippen LogP contribution in [0.3, 0.4) is 0 Å². The molecule has 1 aliphatic rings. The van der Waals surface area contributed by atoms with E-state index < -0.39 is 0 Å². The van der Waals surface area contributed by atoms with Gasteiger partial charge in [-0.3, -0.25) is 4.57 Å². The van der Waals surface area contributed by atoms with Crippen molar-refractivity contribution in [3.63, 3.8) is 0 Å². The van der Waals surface area contributed by atoms with Crippen LogP contribution in [0.4, 0.5) is 0 Å². The molecule has 0 radical (unpaired) electrons. The van der Waals surface area contributed by atoms with Gasteiger partial charge in [0, 0.05) is 17.8 Å². The lowest BCUT2D eigenvalue weighted by molar-refractivity contribution is 0.221. The van der Waals surface area contributed by atoms with Crippen LogP contribution in [-0.4, -0.2) is 56.3 Å². The van der Waals surface area contributed by atoms with Crippen LogP contribution in [0.2, 0.25) is 0 Å². The van der Waals surface area contributed by atoms with Gasteiger partial charge in [-0.05, 0) is 56.7 Å². The Labute approximate surface area is 161 Å². The summed E-state index contributed by atoms with van der Waals surface area (Å²) in [6, 6.07) is 8.27. The topological polar surface area (TPSA) is 80.5 Å². The third kappa shape index (κ3) is 2.68. The van der Waals surface area contributed by atoms with Gasteiger partial charge in [-0.15, -0.1) is 0 Å². The van der Waals surface area contributed by atoms with Gasteiger partial charge in [0.15, 0.2) is 11.4 Å². The molecule has 144 valence electrons. The molecule has 1 saturated heterocycles. The predicted molar refractivity (Wildman–Crippen MR) is 107 cm³/mol. The number of methoxy groups -OCH3 is 1. The van der Waals surface area contributed by atoms with Gasteiger partial charge in [0.05, 0.1) is 18.1 Å². The Kier molecular flexibility index (Phi) is 3.94. The van der Waals surface area contributed by atoms with E-state index in [0.29, 0.717) is 11.4 Å². The van der Waals surface area contributed by atoms with Crippen LogP contribution in [0.1, 0.15) is 18.9 Å². The maximum atomic E-state index is 12.7. The molecule has 1 aliphatic heterocycles. The second kappa shape index (κ2) is 6.49. The van der Waals surface area contributed by atoms with Gasteiger partial charge in [0.2, 0.25) is 0 Å². The van der Waals surface area contributed by atoms with Gasteiger partial charge in [-0.1, -0.05) is 6.07 Å². The molecular weight excluding hydrogens is 356 g/mol. The molecule has 1 aromatic carbocycles. The van der Waals surface area contributed by atoms with E-state index in [1.165, 1.54) is 6.33 Å². The van der Waals surface area contributed by atoms with E-state index in [1.807, 2.05) is 35.0 Å². The van der Waals surface area contributed by atoms with Crippen molar-refractivity contribution in [2.24, 2.45) is 0 Å². The highest BCUT2D eigenvalue weighted by molar-refractivity contribution is 5.83. The zero-order chi connectivity index (χ0) is 19.3. The van der Waals surface area contributed by atoms with E-state index in [4.69, 9.17) is 4.74 Å². The first-order valence-electron chi connectivity index (χ1n) is 9.44. The number of ether oxygens (including phenoxy) is 1. The summed E-state index contributed by atoms with van der Waals surface area (Å²) >= 11 is 0. The number of aromatic amines is 1. The average Bonchev–Trinajstić information content (AvgIpc) is 3.30. The number of pyridine rings is 1. The molecule has 1 fully saturated rings. The first-order chi connectivity index (χ1) is 13.6. The third-order valence-electron chi connectivity index (χ3n) is 5.66. The number of hydrogen-bond acceptors (Lipinski definition) is 5. The third-order valence-corrected chi connectivity index (χ3v) is 5.66. The highest BCUT2D eigenvalue weighted by atomic mass is 16.5. The number of fused-ring (bicyclic) bond motifs is 2.